The van der Waals surface area contributed by atoms with Crippen molar-refractivity contribution in [2.75, 3.05) is 11.6 Å². The molecule has 1 heterocycles. The van der Waals surface area contributed by atoms with E-state index in [0.717, 1.165) is 10.9 Å². The van der Waals surface area contributed by atoms with Crippen LogP contribution >= 0.6 is 11.8 Å². The van der Waals surface area contributed by atoms with Gasteiger partial charge in [0.1, 0.15) is 0 Å². The van der Waals surface area contributed by atoms with Crippen LogP contribution in [0.5, 0.6) is 0 Å². The lowest BCUT2D eigenvalue weighted by Crippen LogP contribution is -2.28. The Morgan fingerprint density at radius 3 is 2.56 bits per heavy atom. The maximum Gasteiger partial charge on any atom is 0.230 e. The molecule has 0 spiro atoms. The smallest absolute Gasteiger partial charge is 0.230 e. The van der Waals surface area contributed by atoms with Crippen LogP contribution in [0.15, 0.2) is 47.6 Å². The Bertz CT molecular complexity index is 960. The summed E-state index contributed by atoms with van der Waals surface area (Å²) in [5, 5.41) is 14.2. The number of amides is 1. The molecule has 1 aromatic heterocycles. The molecule has 0 bridgehead atoms. The van der Waals surface area contributed by atoms with Crippen molar-refractivity contribution in [3.05, 3.63) is 53.9 Å². The first-order chi connectivity index (χ1) is 12.8. The number of nitrogens with two attached hydrogens (primary N) is 1. The van der Waals surface area contributed by atoms with E-state index < -0.39 is 0 Å². The monoisotopic (exact) mass is 383 g/mol. The zero-order valence-electron chi connectivity index (χ0n) is 16.1. The van der Waals surface area contributed by atoms with E-state index in [4.69, 9.17) is 5.84 Å². The first-order valence-electron chi connectivity index (χ1n) is 8.87. The van der Waals surface area contributed by atoms with E-state index in [2.05, 4.69) is 39.8 Å². The van der Waals surface area contributed by atoms with Gasteiger partial charge in [-0.15, -0.1) is 10.2 Å². The second-order valence-electron chi connectivity index (χ2n) is 7.61. The quantitative estimate of drug-likeness (QED) is 0.521. The summed E-state index contributed by atoms with van der Waals surface area (Å²) in [5.74, 6) is 6.91. The first kappa shape index (κ1) is 19.2. The minimum atomic E-state index is -0.201. The van der Waals surface area contributed by atoms with Crippen LogP contribution in [0.3, 0.4) is 0 Å². The van der Waals surface area contributed by atoms with Crippen LogP contribution in [-0.2, 0) is 10.2 Å². The molecule has 0 saturated heterocycles. The first-order valence-corrected chi connectivity index (χ1v) is 9.86. The van der Waals surface area contributed by atoms with Gasteiger partial charge in [-0.05, 0) is 29.3 Å². The predicted molar refractivity (Wildman–Crippen MR) is 110 cm³/mol. The van der Waals surface area contributed by atoms with Crippen molar-refractivity contribution in [2.24, 2.45) is 0 Å². The van der Waals surface area contributed by atoms with Crippen molar-refractivity contribution < 1.29 is 4.79 Å². The summed E-state index contributed by atoms with van der Waals surface area (Å²) in [5.41, 5.74) is 0.872. The minimum absolute atomic E-state index is 0.0685. The Labute approximate surface area is 163 Å². The number of fused-ring (bicyclic) bond motifs is 1. The number of hydrogen-bond acceptors (Lipinski definition) is 5. The molecule has 1 amide bonds. The number of benzene rings is 2. The van der Waals surface area contributed by atoms with Crippen molar-refractivity contribution in [3.8, 4) is 0 Å². The Kier molecular flexibility index (Phi) is 5.41. The van der Waals surface area contributed by atoms with E-state index in [0.29, 0.717) is 11.0 Å². The number of nitrogens with zero attached hydrogens (tertiary/aromatic N) is 3. The van der Waals surface area contributed by atoms with Gasteiger partial charge in [0.2, 0.25) is 11.1 Å². The van der Waals surface area contributed by atoms with E-state index in [1.54, 1.807) is 0 Å². The van der Waals surface area contributed by atoms with Crippen molar-refractivity contribution >= 4 is 28.4 Å². The van der Waals surface area contributed by atoms with Crippen LogP contribution in [0.1, 0.15) is 45.1 Å². The zero-order valence-corrected chi connectivity index (χ0v) is 16.9. The maximum absolute atomic E-state index is 12.3. The molecular weight excluding hydrogens is 358 g/mol. The van der Waals surface area contributed by atoms with Gasteiger partial charge < -0.3 is 11.2 Å². The van der Waals surface area contributed by atoms with Crippen LogP contribution < -0.4 is 11.2 Å². The fourth-order valence-corrected chi connectivity index (χ4v) is 3.53. The number of nitrogen functional groups attached to an aromatic ring is 1. The lowest BCUT2D eigenvalue weighted by atomic mass is 9.96. The molecule has 1 unspecified atom stereocenters. The molecular formula is C20H25N5OS. The van der Waals surface area contributed by atoms with E-state index in [-0.39, 0.29) is 23.1 Å². The second kappa shape index (κ2) is 7.60. The lowest BCUT2D eigenvalue weighted by Gasteiger charge is -2.17. The van der Waals surface area contributed by atoms with Crippen LogP contribution in [0.25, 0.3) is 10.8 Å². The SMILES string of the molecule is CC(NC(=O)CSc1nnc(C(C)(C)C)n1N)c1ccc2ccccc2c1. The second-order valence-corrected chi connectivity index (χ2v) is 8.55. The molecule has 3 N–H and O–H groups in total. The summed E-state index contributed by atoms with van der Waals surface area (Å²) in [7, 11) is 0. The van der Waals surface area contributed by atoms with Gasteiger partial charge in [-0.25, -0.2) is 4.68 Å². The molecule has 6 nitrogen and oxygen atoms in total. The topological polar surface area (TPSA) is 85.8 Å². The molecule has 0 aliphatic heterocycles. The van der Waals surface area contributed by atoms with E-state index in [9.17, 15) is 4.79 Å². The predicted octanol–water partition coefficient (Wildman–Crippen LogP) is 3.41. The number of hydrogen-bond donors (Lipinski definition) is 2. The minimum Gasteiger partial charge on any atom is -0.349 e. The summed E-state index contributed by atoms with van der Waals surface area (Å²) in [6.45, 7) is 8.04. The van der Waals surface area contributed by atoms with E-state index in [1.165, 1.54) is 21.8 Å². The molecule has 0 radical (unpaired) electrons. The summed E-state index contributed by atoms with van der Waals surface area (Å²) >= 11 is 1.28. The van der Waals surface area contributed by atoms with Gasteiger partial charge >= 0.3 is 0 Å². The Morgan fingerprint density at radius 2 is 1.89 bits per heavy atom. The Morgan fingerprint density at radius 1 is 1.19 bits per heavy atom. The van der Waals surface area contributed by atoms with Crippen molar-refractivity contribution in [3.63, 3.8) is 0 Å². The lowest BCUT2D eigenvalue weighted by molar-refractivity contribution is -0.119. The van der Waals surface area contributed by atoms with Gasteiger partial charge in [0.05, 0.1) is 11.8 Å². The highest BCUT2D eigenvalue weighted by atomic mass is 32.2. The fraction of sp³-hybridized carbons (Fsp3) is 0.350. The van der Waals surface area contributed by atoms with Gasteiger partial charge in [0.15, 0.2) is 5.82 Å². The third kappa shape index (κ3) is 4.42. The third-order valence-electron chi connectivity index (χ3n) is 4.32. The number of thioether (sulfide) groups is 1. The summed E-state index contributed by atoms with van der Waals surface area (Å²) in [4.78, 5) is 12.3. The Hall–Kier alpha value is -2.54. The standard InChI is InChI=1S/C20H25N5OS/c1-13(15-10-9-14-7-5-6-8-16(14)11-15)22-17(26)12-27-19-24-23-18(25(19)21)20(2,3)4/h5-11,13H,12,21H2,1-4H3,(H,22,26). The summed E-state index contributed by atoms with van der Waals surface area (Å²) < 4.78 is 1.46. The normalized spacial score (nSPS) is 12.9. The maximum atomic E-state index is 12.3. The van der Waals surface area contributed by atoms with Gasteiger partial charge in [-0.1, -0.05) is 68.9 Å². The van der Waals surface area contributed by atoms with Crippen LogP contribution in [0, 0.1) is 0 Å². The molecule has 27 heavy (non-hydrogen) atoms. The largest absolute Gasteiger partial charge is 0.349 e. The van der Waals surface area contributed by atoms with Gasteiger partial charge in [0.25, 0.3) is 0 Å². The molecule has 0 aliphatic rings. The van der Waals surface area contributed by atoms with Crippen LogP contribution in [0.4, 0.5) is 0 Å². The van der Waals surface area contributed by atoms with Crippen molar-refractivity contribution in [1.29, 1.82) is 0 Å². The number of carbonyl (C=O) groups excluding carboxylic acids is 1. The third-order valence-corrected chi connectivity index (χ3v) is 5.26. The number of nitrogens with one attached hydrogen (secondary N) is 1. The average Bonchev–Trinajstić information content (AvgIpc) is 3.00. The molecule has 0 saturated carbocycles. The molecule has 0 fully saturated rings. The van der Waals surface area contributed by atoms with E-state index >= 15 is 0 Å². The highest BCUT2D eigenvalue weighted by molar-refractivity contribution is 7.99. The van der Waals surface area contributed by atoms with Crippen LogP contribution in [-0.4, -0.2) is 26.5 Å². The van der Waals surface area contributed by atoms with Crippen molar-refractivity contribution in [2.45, 2.75) is 44.3 Å². The Balaban J connectivity index is 1.61. The summed E-state index contributed by atoms with van der Waals surface area (Å²) in [6, 6.07) is 14.3. The summed E-state index contributed by atoms with van der Waals surface area (Å²) in [6.07, 6.45) is 0. The highest BCUT2D eigenvalue weighted by Crippen LogP contribution is 2.24. The fourth-order valence-electron chi connectivity index (χ4n) is 2.86. The number of aromatic nitrogens is 3. The molecule has 0 aliphatic carbocycles. The van der Waals surface area contributed by atoms with Gasteiger partial charge in [-0.2, -0.15) is 0 Å². The number of rotatable bonds is 5. The molecule has 142 valence electrons. The molecule has 3 rings (SSSR count). The molecule has 1 atom stereocenters. The zero-order chi connectivity index (χ0) is 19.6. The van der Waals surface area contributed by atoms with Crippen LogP contribution in [0.2, 0.25) is 0 Å². The molecule has 3 aromatic rings. The van der Waals surface area contributed by atoms with E-state index in [1.807, 2.05) is 45.9 Å². The highest BCUT2D eigenvalue weighted by Gasteiger charge is 2.23. The van der Waals surface area contributed by atoms with Gasteiger partial charge in [0, 0.05) is 5.41 Å². The van der Waals surface area contributed by atoms with Gasteiger partial charge in [-0.3, -0.25) is 4.79 Å². The van der Waals surface area contributed by atoms with Crippen molar-refractivity contribution in [1.82, 2.24) is 20.2 Å². The average molecular weight is 384 g/mol. The molecule has 2 aromatic carbocycles. The number of carbonyl (C=O) groups is 1. The molecule has 7 heteroatoms.